The normalized spacial score (nSPS) is 16.5. The first kappa shape index (κ1) is 17.5. The van der Waals surface area contributed by atoms with Crippen molar-refractivity contribution < 1.29 is 18.0 Å². The van der Waals surface area contributed by atoms with Crippen molar-refractivity contribution in [1.29, 1.82) is 0 Å². The van der Waals surface area contributed by atoms with Gasteiger partial charge in [0.05, 0.1) is 23.3 Å². The van der Waals surface area contributed by atoms with E-state index >= 15 is 0 Å². The van der Waals surface area contributed by atoms with Crippen LogP contribution < -0.4 is 11.1 Å². The summed E-state index contributed by atoms with van der Waals surface area (Å²) in [7, 11) is 0. The van der Waals surface area contributed by atoms with Crippen LogP contribution in [-0.2, 0) is 11.0 Å². The van der Waals surface area contributed by atoms with Crippen molar-refractivity contribution in [3.8, 4) is 0 Å². The highest BCUT2D eigenvalue weighted by molar-refractivity contribution is 5.84. The van der Waals surface area contributed by atoms with Gasteiger partial charge in [-0.2, -0.15) is 18.3 Å². The molecule has 0 bridgehead atoms. The number of amides is 1. The van der Waals surface area contributed by atoms with Crippen LogP contribution in [0.4, 0.5) is 13.2 Å². The summed E-state index contributed by atoms with van der Waals surface area (Å²) >= 11 is 0. The zero-order chi connectivity index (χ0) is 16.3. The van der Waals surface area contributed by atoms with Gasteiger partial charge in [0.2, 0.25) is 5.91 Å². The maximum absolute atomic E-state index is 12.6. The molecule has 0 saturated heterocycles. The van der Waals surface area contributed by atoms with Crippen molar-refractivity contribution in [2.45, 2.75) is 51.4 Å². The Kier molecular flexibility index (Phi) is 5.38. The summed E-state index contributed by atoms with van der Waals surface area (Å²) in [6.07, 6.45) is -1.65. The van der Waals surface area contributed by atoms with Crippen LogP contribution in [0.3, 0.4) is 0 Å². The van der Waals surface area contributed by atoms with E-state index in [2.05, 4.69) is 10.4 Å². The second-order valence-electron chi connectivity index (χ2n) is 5.38. The molecule has 0 aliphatic carbocycles. The van der Waals surface area contributed by atoms with Crippen LogP contribution in [0, 0.1) is 0 Å². The summed E-state index contributed by atoms with van der Waals surface area (Å²) in [4.78, 5) is 11.6. The number of hydrogen-bond donors (Lipinski definition) is 2. The summed E-state index contributed by atoms with van der Waals surface area (Å²) in [5.41, 5.74) is 3.61. The van der Waals surface area contributed by atoms with Gasteiger partial charge in [-0.3, -0.25) is 9.48 Å². The van der Waals surface area contributed by atoms with Gasteiger partial charge in [0.15, 0.2) is 0 Å². The molecule has 8 heteroatoms. The van der Waals surface area contributed by atoms with Crippen molar-refractivity contribution in [3.63, 3.8) is 0 Å². The maximum atomic E-state index is 12.6. The highest BCUT2D eigenvalue weighted by Gasteiger charge is 2.35. The number of primary amides is 1. The molecule has 0 aliphatic heterocycles. The SMILES string of the molecule is CCCNC(C)(CC(C)n1cc(C(F)(F)F)cn1)C(N)=O. The standard InChI is InChI=1S/C13H21F3N4O/c1-4-5-18-12(3,11(17)21)6-9(2)20-8-10(7-19-20)13(14,15)16/h7-9,18H,4-6H2,1-3H3,(H2,17,21). The van der Waals surface area contributed by atoms with Gasteiger partial charge in [0.1, 0.15) is 0 Å². The Bertz CT molecular complexity index is 486. The molecule has 0 fully saturated rings. The van der Waals surface area contributed by atoms with Gasteiger partial charge in [0.25, 0.3) is 0 Å². The molecule has 3 N–H and O–H groups in total. The number of carbonyl (C=O) groups excluding carboxylic acids is 1. The monoisotopic (exact) mass is 306 g/mol. The fraction of sp³-hybridized carbons (Fsp3) is 0.692. The van der Waals surface area contributed by atoms with Crippen molar-refractivity contribution in [1.82, 2.24) is 15.1 Å². The Hall–Kier alpha value is -1.57. The molecule has 1 rings (SSSR count). The molecule has 0 aliphatic rings. The summed E-state index contributed by atoms with van der Waals surface area (Å²) in [5.74, 6) is -0.536. The molecular formula is C13H21F3N4O. The number of halogens is 3. The van der Waals surface area contributed by atoms with E-state index in [0.29, 0.717) is 6.54 Å². The minimum Gasteiger partial charge on any atom is -0.368 e. The lowest BCUT2D eigenvalue weighted by atomic mass is 9.92. The van der Waals surface area contributed by atoms with Gasteiger partial charge in [0, 0.05) is 6.20 Å². The van der Waals surface area contributed by atoms with E-state index < -0.39 is 29.2 Å². The third-order valence-corrected chi connectivity index (χ3v) is 3.39. The summed E-state index contributed by atoms with van der Waals surface area (Å²) < 4.78 is 38.9. The lowest BCUT2D eigenvalue weighted by Gasteiger charge is -2.30. The highest BCUT2D eigenvalue weighted by atomic mass is 19.4. The van der Waals surface area contributed by atoms with Gasteiger partial charge in [-0.25, -0.2) is 0 Å². The third kappa shape index (κ3) is 4.45. The zero-order valence-electron chi connectivity index (χ0n) is 12.4. The molecule has 5 nitrogen and oxygen atoms in total. The number of hydrogen-bond acceptors (Lipinski definition) is 3. The number of carbonyl (C=O) groups is 1. The van der Waals surface area contributed by atoms with Crippen molar-refractivity contribution in [2.24, 2.45) is 5.73 Å². The van der Waals surface area contributed by atoms with Crippen LogP contribution >= 0.6 is 0 Å². The van der Waals surface area contributed by atoms with E-state index in [9.17, 15) is 18.0 Å². The average molecular weight is 306 g/mol. The molecular weight excluding hydrogens is 285 g/mol. The molecule has 1 amide bonds. The Morgan fingerprint density at radius 3 is 2.57 bits per heavy atom. The first-order valence-corrected chi connectivity index (χ1v) is 6.76. The fourth-order valence-electron chi connectivity index (χ4n) is 2.07. The molecule has 0 aromatic carbocycles. The molecule has 2 unspecified atom stereocenters. The predicted molar refractivity (Wildman–Crippen MR) is 72.5 cm³/mol. The molecule has 120 valence electrons. The molecule has 1 aromatic rings. The summed E-state index contributed by atoms with van der Waals surface area (Å²) in [6, 6.07) is -0.400. The number of nitrogens with zero attached hydrogens (tertiary/aromatic N) is 2. The smallest absolute Gasteiger partial charge is 0.368 e. The van der Waals surface area contributed by atoms with E-state index in [1.807, 2.05) is 6.92 Å². The molecule has 0 spiro atoms. The maximum Gasteiger partial charge on any atom is 0.419 e. The second-order valence-corrected chi connectivity index (χ2v) is 5.38. The number of nitrogens with one attached hydrogen (secondary N) is 1. The topological polar surface area (TPSA) is 72.9 Å². The largest absolute Gasteiger partial charge is 0.419 e. The zero-order valence-corrected chi connectivity index (χ0v) is 12.4. The molecule has 1 heterocycles. The minimum absolute atomic E-state index is 0.251. The molecule has 2 atom stereocenters. The van der Waals surface area contributed by atoms with Gasteiger partial charge in [-0.1, -0.05) is 6.92 Å². The van der Waals surface area contributed by atoms with Crippen molar-refractivity contribution in [2.75, 3.05) is 6.54 Å². The first-order valence-electron chi connectivity index (χ1n) is 6.76. The van der Waals surface area contributed by atoms with Crippen molar-refractivity contribution in [3.05, 3.63) is 18.0 Å². The minimum atomic E-state index is -4.43. The van der Waals surface area contributed by atoms with E-state index in [-0.39, 0.29) is 6.42 Å². The van der Waals surface area contributed by atoms with Crippen LogP contribution in [0.15, 0.2) is 12.4 Å². The fourth-order valence-corrected chi connectivity index (χ4v) is 2.07. The lowest BCUT2D eigenvalue weighted by molar-refractivity contribution is -0.137. The Labute approximate surface area is 121 Å². The quantitative estimate of drug-likeness (QED) is 0.810. The van der Waals surface area contributed by atoms with E-state index in [1.165, 1.54) is 4.68 Å². The number of nitrogens with two attached hydrogens (primary N) is 1. The van der Waals surface area contributed by atoms with Crippen LogP contribution in [0.2, 0.25) is 0 Å². The van der Waals surface area contributed by atoms with Gasteiger partial charge in [-0.05, 0) is 33.2 Å². The number of rotatable bonds is 7. The van der Waals surface area contributed by atoms with E-state index in [4.69, 9.17) is 5.73 Å². The van der Waals surface area contributed by atoms with Crippen LogP contribution in [0.5, 0.6) is 0 Å². The third-order valence-electron chi connectivity index (χ3n) is 3.39. The Morgan fingerprint density at radius 1 is 1.52 bits per heavy atom. The number of aromatic nitrogens is 2. The average Bonchev–Trinajstić information content (AvgIpc) is 2.85. The van der Waals surface area contributed by atoms with Gasteiger partial charge >= 0.3 is 6.18 Å². The lowest BCUT2D eigenvalue weighted by Crippen LogP contribution is -2.54. The number of alkyl halides is 3. The van der Waals surface area contributed by atoms with E-state index in [0.717, 1.165) is 18.8 Å². The predicted octanol–water partition coefficient (Wildman–Crippen LogP) is 2.10. The molecule has 0 radical (unpaired) electrons. The Balaban J connectivity index is 2.85. The summed E-state index contributed by atoms with van der Waals surface area (Å²) in [6.45, 7) is 5.89. The molecule has 1 aromatic heterocycles. The van der Waals surface area contributed by atoms with Gasteiger partial charge in [-0.15, -0.1) is 0 Å². The van der Waals surface area contributed by atoms with Crippen LogP contribution in [0.25, 0.3) is 0 Å². The van der Waals surface area contributed by atoms with Crippen LogP contribution in [0.1, 0.15) is 45.2 Å². The van der Waals surface area contributed by atoms with Crippen molar-refractivity contribution >= 4 is 5.91 Å². The first-order chi connectivity index (χ1) is 9.60. The highest BCUT2D eigenvalue weighted by Crippen LogP contribution is 2.30. The summed E-state index contributed by atoms with van der Waals surface area (Å²) in [5, 5.41) is 6.77. The molecule has 21 heavy (non-hydrogen) atoms. The Morgan fingerprint density at radius 2 is 2.14 bits per heavy atom. The second kappa shape index (κ2) is 6.46. The van der Waals surface area contributed by atoms with Crippen LogP contribution in [-0.4, -0.2) is 27.8 Å². The van der Waals surface area contributed by atoms with E-state index in [1.54, 1.807) is 13.8 Å². The van der Waals surface area contributed by atoms with Gasteiger partial charge < -0.3 is 11.1 Å². The molecule has 0 saturated carbocycles.